The number of rotatable bonds is 8. The van der Waals surface area contributed by atoms with E-state index < -0.39 is 0 Å². The van der Waals surface area contributed by atoms with Crippen LogP contribution in [0.1, 0.15) is 101 Å². The van der Waals surface area contributed by atoms with Gasteiger partial charge >= 0.3 is 6.03 Å². The number of ether oxygens (including phenoxy) is 1. The van der Waals surface area contributed by atoms with Crippen LogP contribution in [0.25, 0.3) is 5.65 Å². The lowest BCUT2D eigenvalue weighted by atomic mass is 9.85. The number of carbonyl (C=O) groups is 1. The van der Waals surface area contributed by atoms with Crippen LogP contribution in [0.3, 0.4) is 0 Å². The SMILES string of the molecule is C[C@H]1CCCCN1c1nnc2ccc(O[C@@H]3CC[C@H](NC(=O)Nc4cc(C(C)(C)C)nn4C4C=CC(CN5CCN(C)CC5)=CC4)c4ccccc43)cn12. The molecular weight excluding hydrogens is 677 g/mol. The molecule has 2 N–H and O–H groups in total. The van der Waals surface area contributed by atoms with Gasteiger partial charge in [-0.05, 0) is 81.3 Å². The molecule has 1 unspecified atom stereocenters. The van der Waals surface area contributed by atoms with Gasteiger partial charge in [0.1, 0.15) is 17.7 Å². The Labute approximate surface area is 319 Å². The van der Waals surface area contributed by atoms with Crippen molar-refractivity contribution < 1.29 is 9.53 Å². The summed E-state index contributed by atoms with van der Waals surface area (Å²) in [5.41, 5.74) is 5.11. The van der Waals surface area contributed by atoms with Gasteiger partial charge in [0.05, 0.1) is 24.0 Å². The Kier molecular flexibility index (Phi) is 10.2. The normalized spacial score (nSPS) is 23.9. The largest absolute Gasteiger partial charge is 0.484 e. The maximum absolute atomic E-state index is 13.8. The van der Waals surface area contributed by atoms with Crippen LogP contribution < -0.4 is 20.3 Å². The molecule has 4 aromatic rings. The van der Waals surface area contributed by atoms with E-state index in [1.807, 2.05) is 41.2 Å². The van der Waals surface area contributed by atoms with Gasteiger partial charge in [0.25, 0.3) is 0 Å². The highest BCUT2D eigenvalue weighted by Crippen LogP contribution is 2.39. The Bertz CT molecular complexity index is 2020. The van der Waals surface area contributed by atoms with E-state index >= 15 is 0 Å². The molecule has 2 fully saturated rings. The molecule has 12 nitrogen and oxygen atoms in total. The third kappa shape index (κ3) is 7.77. The maximum Gasteiger partial charge on any atom is 0.320 e. The summed E-state index contributed by atoms with van der Waals surface area (Å²) in [5, 5.41) is 20.5. The van der Waals surface area contributed by atoms with Crippen LogP contribution in [-0.2, 0) is 5.41 Å². The van der Waals surface area contributed by atoms with Crippen molar-refractivity contribution in [3.63, 3.8) is 0 Å². The van der Waals surface area contributed by atoms with Gasteiger partial charge in [0.15, 0.2) is 5.65 Å². The maximum atomic E-state index is 13.8. The first kappa shape index (κ1) is 36.3. The molecule has 8 rings (SSSR count). The van der Waals surface area contributed by atoms with Gasteiger partial charge in [-0.25, -0.2) is 9.48 Å². The monoisotopic (exact) mass is 732 g/mol. The van der Waals surface area contributed by atoms with Crippen molar-refractivity contribution in [2.24, 2.45) is 0 Å². The van der Waals surface area contributed by atoms with Crippen LogP contribution in [0, 0.1) is 0 Å². The number of carbonyl (C=O) groups excluding carboxylic acids is 1. The molecule has 1 aromatic carbocycles. The molecule has 2 aliphatic carbocycles. The first-order valence-corrected chi connectivity index (χ1v) is 19.9. The van der Waals surface area contributed by atoms with Gasteiger partial charge in [-0.3, -0.25) is 14.6 Å². The second kappa shape index (κ2) is 15.2. The van der Waals surface area contributed by atoms with Crippen molar-refractivity contribution >= 4 is 23.4 Å². The van der Waals surface area contributed by atoms with E-state index in [1.54, 1.807) is 0 Å². The lowest BCUT2D eigenvalue weighted by molar-refractivity contribution is 0.164. The fourth-order valence-electron chi connectivity index (χ4n) is 8.34. The number of likely N-dealkylation sites (N-methyl/N-ethyl adjacent to an activating group) is 1. The van der Waals surface area contributed by atoms with E-state index in [0.717, 1.165) is 106 Å². The smallest absolute Gasteiger partial charge is 0.320 e. The molecule has 0 bridgehead atoms. The summed E-state index contributed by atoms with van der Waals surface area (Å²) in [6.07, 6.45) is 14.6. The molecular formula is C42H56N10O2. The first-order chi connectivity index (χ1) is 26.1. The summed E-state index contributed by atoms with van der Waals surface area (Å²) >= 11 is 0. The number of piperazine rings is 1. The van der Waals surface area contributed by atoms with Crippen LogP contribution in [0.4, 0.5) is 16.6 Å². The molecule has 2 amide bonds. The lowest BCUT2D eigenvalue weighted by Crippen LogP contribution is -2.45. The molecule has 2 saturated heterocycles. The summed E-state index contributed by atoms with van der Waals surface area (Å²) < 4.78 is 10.7. The summed E-state index contributed by atoms with van der Waals surface area (Å²) in [6, 6.07) is 14.4. The molecule has 4 atom stereocenters. The predicted octanol–water partition coefficient (Wildman–Crippen LogP) is 7.05. The zero-order valence-electron chi connectivity index (χ0n) is 32.5. The number of hydrogen-bond donors (Lipinski definition) is 2. The van der Waals surface area contributed by atoms with Crippen LogP contribution in [0.5, 0.6) is 5.75 Å². The molecule has 0 radical (unpaired) electrons. The molecule has 2 aliphatic heterocycles. The zero-order valence-corrected chi connectivity index (χ0v) is 32.5. The Balaban J connectivity index is 0.947. The molecule has 286 valence electrons. The van der Waals surface area contributed by atoms with Crippen molar-refractivity contribution in [3.05, 3.63) is 89.3 Å². The minimum absolute atomic E-state index is 0.0256. The Morgan fingerprint density at radius 3 is 2.54 bits per heavy atom. The fourth-order valence-corrected chi connectivity index (χ4v) is 8.34. The van der Waals surface area contributed by atoms with Crippen LogP contribution >= 0.6 is 0 Å². The van der Waals surface area contributed by atoms with Crippen LogP contribution in [0.2, 0.25) is 0 Å². The van der Waals surface area contributed by atoms with E-state index in [-0.39, 0.29) is 29.6 Å². The third-order valence-electron chi connectivity index (χ3n) is 11.7. The minimum Gasteiger partial charge on any atom is -0.484 e. The van der Waals surface area contributed by atoms with Gasteiger partial charge in [-0.15, -0.1) is 10.2 Å². The molecule has 0 saturated carbocycles. The summed E-state index contributed by atoms with van der Waals surface area (Å²) in [7, 11) is 2.19. The number of hydrogen-bond acceptors (Lipinski definition) is 8. The van der Waals surface area contributed by atoms with Gasteiger partial charge in [-0.1, -0.05) is 63.3 Å². The van der Waals surface area contributed by atoms with Gasteiger partial charge in [0.2, 0.25) is 5.95 Å². The quantitative estimate of drug-likeness (QED) is 0.199. The van der Waals surface area contributed by atoms with Crippen molar-refractivity contribution in [1.82, 2.24) is 39.5 Å². The predicted molar refractivity (Wildman–Crippen MR) is 213 cm³/mol. The number of piperidine rings is 1. The van der Waals surface area contributed by atoms with E-state index in [4.69, 9.17) is 9.84 Å². The lowest BCUT2D eigenvalue weighted by Gasteiger charge is -2.33. The fraction of sp³-hybridized carbons (Fsp3) is 0.524. The highest BCUT2D eigenvalue weighted by molar-refractivity contribution is 5.89. The minimum atomic E-state index is -0.237. The Morgan fingerprint density at radius 2 is 1.78 bits per heavy atom. The van der Waals surface area contributed by atoms with Crippen LogP contribution in [-0.4, -0.2) is 92.6 Å². The number of benzene rings is 1. The number of anilines is 2. The molecule has 54 heavy (non-hydrogen) atoms. The molecule has 12 heteroatoms. The average molecular weight is 733 g/mol. The second-order valence-corrected chi connectivity index (χ2v) is 16.7. The van der Waals surface area contributed by atoms with Gasteiger partial charge in [-0.2, -0.15) is 5.10 Å². The summed E-state index contributed by atoms with van der Waals surface area (Å²) in [5.74, 6) is 2.36. The number of pyridine rings is 1. The molecule has 4 aliphatic rings. The number of allylic oxidation sites excluding steroid dienone is 2. The third-order valence-corrected chi connectivity index (χ3v) is 11.7. The molecule has 5 heterocycles. The van der Waals surface area contributed by atoms with Crippen molar-refractivity contribution in [3.8, 4) is 5.75 Å². The topological polar surface area (TPSA) is 108 Å². The van der Waals surface area contributed by atoms with Crippen molar-refractivity contribution in [1.29, 1.82) is 0 Å². The van der Waals surface area contributed by atoms with Crippen LogP contribution in [0.15, 0.2) is 72.5 Å². The average Bonchev–Trinajstić information content (AvgIpc) is 3.79. The zero-order chi connectivity index (χ0) is 37.4. The highest BCUT2D eigenvalue weighted by Gasteiger charge is 2.31. The number of urea groups is 1. The standard InChI is InChI=1S/C42H56N10O2/c1-29-10-8-9-21-50(29)41-46-45-38-20-17-32(28-51(38)41)54-36-19-18-35(33-11-6-7-12-34(33)36)43-40(53)44-39-26-37(42(2,3)4)47-52(39)31-15-13-30(14-16-31)27-49-24-22-48(5)23-25-49/h6-7,11-15,17,20,26,28-29,31,35-36H,8-10,16,18-19,21-25,27H2,1-5H3,(H2,43,44,53)/t29-,31?,35-,36+/m0/s1. The van der Waals surface area contributed by atoms with Gasteiger partial charge < -0.3 is 19.9 Å². The van der Waals surface area contributed by atoms with Crippen molar-refractivity contribution in [2.75, 3.05) is 56.5 Å². The summed E-state index contributed by atoms with van der Waals surface area (Å²) in [4.78, 5) is 21.1. The van der Waals surface area contributed by atoms with Crippen molar-refractivity contribution in [2.45, 2.75) is 95.9 Å². The Hall–Kier alpha value is -4.68. The number of aromatic nitrogens is 5. The van der Waals surface area contributed by atoms with E-state index in [9.17, 15) is 4.79 Å². The number of fused-ring (bicyclic) bond motifs is 2. The molecule has 3 aromatic heterocycles. The summed E-state index contributed by atoms with van der Waals surface area (Å²) in [6.45, 7) is 15.1. The number of nitrogens with one attached hydrogen (secondary N) is 2. The molecule has 0 spiro atoms. The van der Waals surface area contributed by atoms with Gasteiger partial charge in [0, 0.05) is 56.8 Å². The Morgan fingerprint density at radius 1 is 0.963 bits per heavy atom. The van der Waals surface area contributed by atoms with E-state index in [1.165, 1.54) is 12.0 Å². The first-order valence-electron chi connectivity index (χ1n) is 19.9. The van der Waals surface area contributed by atoms with E-state index in [2.05, 4.69) is 105 Å². The number of nitrogens with zero attached hydrogens (tertiary/aromatic N) is 8. The second-order valence-electron chi connectivity index (χ2n) is 16.7. The van der Waals surface area contributed by atoms with E-state index in [0.29, 0.717) is 11.9 Å². The number of amides is 2. The highest BCUT2D eigenvalue weighted by atomic mass is 16.5.